The van der Waals surface area contributed by atoms with E-state index in [1.165, 1.54) is 7.11 Å². The summed E-state index contributed by atoms with van der Waals surface area (Å²) in [6.45, 7) is 3.88. The summed E-state index contributed by atoms with van der Waals surface area (Å²) >= 11 is 0. The molecule has 0 fully saturated rings. The fraction of sp³-hybridized carbons (Fsp3) is 0.357. The second-order valence-corrected chi connectivity index (χ2v) is 4.59. The fourth-order valence-corrected chi connectivity index (χ4v) is 1.88. The Hall–Kier alpha value is -1.97. The highest BCUT2D eigenvalue weighted by atomic mass is 16.5. The van der Waals surface area contributed by atoms with Crippen LogP contribution in [0.4, 0.5) is 0 Å². The summed E-state index contributed by atoms with van der Waals surface area (Å²) < 4.78 is 15.9. The second kappa shape index (κ2) is 4.37. The molecule has 0 unspecified atom stereocenters. The van der Waals surface area contributed by atoms with Gasteiger partial charge in [-0.25, -0.2) is 4.79 Å². The minimum atomic E-state index is -0.422. The van der Waals surface area contributed by atoms with Gasteiger partial charge in [0.15, 0.2) is 11.5 Å². The van der Waals surface area contributed by atoms with Crippen molar-refractivity contribution >= 4 is 12.0 Å². The number of hydrogen-bond donors (Lipinski definition) is 0. The van der Waals surface area contributed by atoms with Crippen LogP contribution in [-0.2, 0) is 4.74 Å². The van der Waals surface area contributed by atoms with Crippen LogP contribution in [-0.4, -0.2) is 25.8 Å². The van der Waals surface area contributed by atoms with Crippen LogP contribution in [0, 0.1) is 0 Å². The SMILES string of the molecule is COC(=O)c1ccc(OC)c2c1C=CC(C)(C)O2. The number of rotatable bonds is 2. The van der Waals surface area contributed by atoms with Crippen LogP contribution in [0.25, 0.3) is 6.08 Å². The van der Waals surface area contributed by atoms with Gasteiger partial charge in [-0.2, -0.15) is 0 Å². The van der Waals surface area contributed by atoms with E-state index in [0.29, 0.717) is 22.6 Å². The smallest absolute Gasteiger partial charge is 0.338 e. The Labute approximate surface area is 106 Å². The molecule has 0 spiro atoms. The lowest BCUT2D eigenvalue weighted by atomic mass is 9.98. The average Bonchev–Trinajstić information content (AvgIpc) is 2.35. The van der Waals surface area contributed by atoms with Crippen molar-refractivity contribution in [1.29, 1.82) is 0 Å². The molecule has 0 N–H and O–H groups in total. The van der Waals surface area contributed by atoms with E-state index in [1.807, 2.05) is 26.0 Å². The molecule has 0 radical (unpaired) electrons. The molecule has 0 aromatic heterocycles. The van der Waals surface area contributed by atoms with Gasteiger partial charge in [-0.3, -0.25) is 0 Å². The first-order chi connectivity index (χ1) is 8.48. The van der Waals surface area contributed by atoms with Crippen LogP contribution in [0.3, 0.4) is 0 Å². The van der Waals surface area contributed by atoms with Gasteiger partial charge in [-0.1, -0.05) is 6.08 Å². The van der Waals surface area contributed by atoms with Crippen LogP contribution in [0.5, 0.6) is 11.5 Å². The lowest BCUT2D eigenvalue weighted by molar-refractivity contribution is 0.0598. The minimum absolute atomic E-state index is 0.387. The van der Waals surface area contributed by atoms with Crippen molar-refractivity contribution in [3.63, 3.8) is 0 Å². The van der Waals surface area contributed by atoms with Crippen molar-refractivity contribution < 1.29 is 19.0 Å². The molecule has 96 valence electrons. The lowest BCUT2D eigenvalue weighted by Crippen LogP contribution is -2.28. The van der Waals surface area contributed by atoms with Crippen molar-refractivity contribution in [1.82, 2.24) is 0 Å². The first-order valence-electron chi connectivity index (χ1n) is 5.66. The Kier molecular flexibility index (Phi) is 3.03. The molecule has 4 heteroatoms. The zero-order valence-corrected chi connectivity index (χ0v) is 10.9. The molecule has 1 aliphatic rings. The summed E-state index contributed by atoms with van der Waals surface area (Å²) in [5, 5.41) is 0. The lowest BCUT2D eigenvalue weighted by Gasteiger charge is -2.29. The van der Waals surface area contributed by atoms with Crippen LogP contribution < -0.4 is 9.47 Å². The van der Waals surface area contributed by atoms with Gasteiger partial charge in [0.25, 0.3) is 0 Å². The van der Waals surface area contributed by atoms with Crippen molar-refractivity contribution in [3.05, 3.63) is 29.3 Å². The molecule has 0 atom stereocenters. The van der Waals surface area contributed by atoms with Crippen molar-refractivity contribution in [3.8, 4) is 11.5 Å². The number of hydrogen-bond acceptors (Lipinski definition) is 4. The molecule has 0 aliphatic carbocycles. The van der Waals surface area contributed by atoms with E-state index in [2.05, 4.69) is 0 Å². The number of benzene rings is 1. The molecular weight excluding hydrogens is 232 g/mol. The highest BCUT2D eigenvalue weighted by molar-refractivity contribution is 5.95. The van der Waals surface area contributed by atoms with Crippen LogP contribution in [0.2, 0.25) is 0 Å². The number of carbonyl (C=O) groups is 1. The maximum atomic E-state index is 11.7. The molecule has 2 rings (SSSR count). The zero-order chi connectivity index (χ0) is 13.3. The maximum absolute atomic E-state index is 11.7. The van der Waals surface area contributed by atoms with Gasteiger partial charge in [0.2, 0.25) is 0 Å². The van der Waals surface area contributed by atoms with Crippen LogP contribution >= 0.6 is 0 Å². The van der Waals surface area contributed by atoms with E-state index in [1.54, 1.807) is 19.2 Å². The van der Waals surface area contributed by atoms with E-state index >= 15 is 0 Å². The quantitative estimate of drug-likeness (QED) is 0.755. The van der Waals surface area contributed by atoms with Gasteiger partial charge in [-0.05, 0) is 32.1 Å². The number of esters is 1. The van der Waals surface area contributed by atoms with E-state index in [0.717, 1.165) is 0 Å². The maximum Gasteiger partial charge on any atom is 0.338 e. The van der Waals surface area contributed by atoms with Crippen molar-refractivity contribution in [2.75, 3.05) is 14.2 Å². The number of fused-ring (bicyclic) bond motifs is 1. The molecule has 1 heterocycles. The monoisotopic (exact) mass is 248 g/mol. The largest absolute Gasteiger partial charge is 0.493 e. The van der Waals surface area contributed by atoms with Crippen molar-refractivity contribution in [2.24, 2.45) is 0 Å². The Morgan fingerprint density at radius 2 is 2.00 bits per heavy atom. The highest BCUT2D eigenvalue weighted by Gasteiger charge is 2.28. The molecule has 1 aromatic rings. The van der Waals surface area contributed by atoms with Gasteiger partial charge in [-0.15, -0.1) is 0 Å². The standard InChI is InChI=1S/C14H16O4/c1-14(2)8-7-9-10(13(15)17-4)5-6-11(16-3)12(9)18-14/h5-8H,1-4H3. The Morgan fingerprint density at radius 1 is 1.28 bits per heavy atom. The summed E-state index contributed by atoms with van der Waals surface area (Å²) in [6, 6.07) is 3.38. The molecule has 0 saturated carbocycles. The number of methoxy groups -OCH3 is 2. The predicted molar refractivity (Wildman–Crippen MR) is 68.1 cm³/mol. The third-order valence-corrected chi connectivity index (χ3v) is 2.80. The van der Waals surface area contributed by atoms with E-state index in [4.69, 9.17) is 14.2 Å². The first kappa shape index (κ1) is 12.5. The normalized spacial score (nSPS) is 15.6. The highest BCUT2D eigenvalue weighted by Crippen LogP contribution is 2.40. The van der Waals surface area contributed by atoms with E-state index in [-0.39, 0.29) is 5.97 Å². The van der Waals surface area contributed by atoms with Gasteiger partial charge >= 0.3 is 5.97 Å². The molecule has 0 amide bonds. The van der Waals surface area contributed by atoms with Crippen molar-refractivity contribution in [2.45, 2.75) is 19.4 Å². The third-order valence-electron chi connectivity index (χ3n) is 2.80. The summed E-state index contributed by atoms with van der Waals surface area (Å²) in [7, 11) is 2.93. The molecule has 4 nitrogen and oxygen atoms in total. The van der Waals surface area contributed by atoms with Crippen LogP contribution in [0.15, 0.2) is 18.2 Å². The summed E-state index contributed by atoms with van der Waals surface area (Å²) in [5.41, 5.74) is 0.746. The van der Waals surface area contributed by atoms with E-state index in [9.17, 15) is 4.79 Å². The number of carbonyl (C=O) groups excluding carboxylic acids is 1. The van der Waals surface area contributed by atoms with Crippen LogP contribution in [0.1, 0.15) is 29.8 Å². The molecule has 18 heavy (non-hydrogen) atoms. The summed E-state index contributed by atoms with van der Waals surface area (Å²) in [5.74, 6) is 0.796. The van der Waals surface area contributed by atoms with Gasteiger partial charge in [0, 0.05) is 5.56 Å². The molecule has 1 aliphatic heterocycles. The topological polar surface area (TPSA) is 44.8 Å². The minimum Gasteiger partial charge on any atom is -0.493 e. The molecular formula is C14H16O4. The summed E-state index contributed by atoms with van der Waals surface area (Å²) in [4.78, 5) is 11.7. The Bertz CT molecular complexity index is 515. The first-order valence-corrected chi connectivity index (χ1v) is 5.66. The molecule has 0 bridgehead atoms. The average molecular weight is 248 g/mol. The summed E-state index contributed by atoms with van der Waals surface area (Å²) in [6.07, 6.45) is 3.77. The van der Waals surface area contributed by atoms with E-state index < -0.39 is 5.60 Å². The second-order valence-electron chi connectivity index (χ2n) is 4.59. The Balaban J connectivity index is 2.61. The Morgan fingerprint density at radius 3 is 2.61 bits per heavy atom. The molecule has 1 aromatic carbocycles. The van der Waals surface area contributed by atoms with Gasteiger partial charge in [0.05, 0.1) is 19.8 Å². The predicted octanol–water partition coefficient (Wildman–Crippen LogP) is 2.67. The number of ether oxygens (including phenoxy) is 3. The fourth-order valence-electron chi connectivity index (χ4n) is 1.88. The van der Waals surface area contributed by atoms with Gasteiger partial charge < -0.3 is 14.2 Å². The third kappa shape index (κ3) is 2.06. The molecule has 0 saturated heterocycles. The van der Waals surface area contributed by atoms with Gasteiger partial charge in [0.1, 0.15) is 5.60 Å². The zero-order valence-electron chi connectivity index (χ0n) is 10.9.